The van der Waals surface area contributed by atoms with E-state index >= 15 is 0 Å². The first kappa shape index (κ1) is 10.0. The van der Waals surface area contributed by atoms with Gasteiger partial charge in [0.05, 0.1) is 6.10 Å². The predicted molar refractivity (Wildman–Crippen MR) is 52.2 cm³/mol. The Morgan fingerprint density at radius 1 is 1.00 bits per heavy atom. The van der Waals surface area contributed by atoms with E-state index in [0.29, 0.717) is 6.10 Å². The van der Waals surface area contributed by atoms with E-state index in [4.69, 9.17) is 4.74 Å². The van der Waals surface area contributed by atoms with E-state index < -0.39 is 0 Å². The van der Waals surface area contributed by atoms with Gasteiger partial charge >= 0.3 is 0 Å². The predicted octanol–water partition coefficient (Wildman–Crippen LogP) is 3.24. The van der Waals surface area contributed by atoms with Crippen molar-refractivity contribution in [1.29, 1.82) is 0 Å². The number of hydrogen-bond acceptors (Lipinski definition) is 1. The van der Waals surface area contributed by atoms with E-state index in [1.165, 1.54) is 32.1 Å². The molecule has 72 valence electrons. The highest BCUT2D eigenvalue weighted by Gasteiger charge is 2.26. The molecule has 0 aromatic heterocycles. The van der Waals surface area contributed by atoms with Crippen molar-refractivity contribution in [3.8, 4) is 0 Å². The number of methoxy groups -OCH3 is 1. The summed E-state index contributed by atoms with van der Waals surface area (Å²) in [5.41, 5.74) is 0. The summed E-state index contributed by atoms with van der Waals surface area (Å²) in [6, 6.07) is 0. The molecular weight excluding hydrogens is 148 g/mol. The minimum atomic E-state index is 0.550. The molecule has 1 nitrogen and oxygen atoms in total. The second kappa shape index (κ2) is 4.86. The van der Waals surface area contributed by atoms with E-state index in [2.05, 4.69) is 13.8 Å². The summed E-state index contributed by atoms with van der Waals surface area (Å²) in [5.74, 6) is 1.85. The molecule has 2 unspecified atom stereocenters. The van der Waals surface area contributed by atoms with Gasteiger partial charge in [-0.15, -0.1) is 0 Å². The van der Waals surface area contributed by atoms with Gasteiger partial charge in [0.25, 0.3) is 0 Å². The largest absolute Gasteiger partial charge is 0.381 e. The Morgan fingerprint density at radius 3 is 1.83 bits per heavy atom. The molecule has 0 aromatic rings. The van der Waals surface area contributed by atoms with Crippen molar-refractivity contribution >= 4 is 0 Å². The first-order chi connectivity index (χ1) is 5.80. The molecule has 0 heterocycles. The van der Waals surface area contributed by atoms with Crippen LogP contribution >= 0.6 is 0 Å². The Kier molecular flexibility index (Phi) is 4.07. The average Bonchev–Trinajstić information content (AvgIpc) is 2.16. The Labute approximate surface area is 76.5 Å². The topological polar surface area (TPSA) is 9.23 Å². The van der Waals surface area contributed by atoms with Crippen molar-refractivity contribution in [2.75, 3.05) is 7.11 Å². The van der Waals surface area contributed by atoms with Gasteiger partial charge in [0.1, 0.15) is 0 Å². The fourth-order valence-corrected chi connectivity index (χ4v) is 2.36. The third-order valence-electron chi connectivity index (χ3n) is 3.35. The molecule has 1 aliphatic carbocycles. The van der Waals surface area contributed by atoms with Crippen LogP contribution in [0.2, 0.25) is 0 Å². The molecule has 0 radical (unpaired) electrons. The van der Waals surface area contributed by atoms with Gasteiger partial charge in [-0.25, -0.2) is 0 Å². The van der Waals surface area contributed by atoms with Crippen LogP contribution in [0.1, 0.15) is 46.0 Å². The summed E-state index contributed by atoms with van der Waals surface area (Å²) in [5, 5.41) is 0. The van der Waals surface area contributed by atoms with Crippen LogP contribution in [-0.2, 0) is 4.74 Å². The van der Waals surface area contributed by atoms with Crippen LogP contribution in [0.5, 0.6) is 0 Å². The molecular formula is C11H22O. The minimum absolute atomic E-state index is 0.550. The van der Waals surface area contributed by atoms with E-state index in [1.807, 2.05) is 7.11 Å². The number of ether oxygens (including phenoxy) is 1. The molecule has 0 aliphatic heterocycles. The first-order valence-electron chi connectivity index (χ1n) is 5.32. The van der Waals surface area contributed by atoms with E-state index in [1.54, 1.807) is 0 Å². The highest BCUT2D eigenvalue weighted by atomic mass is 16.5. The van der Waals surface area contributed by atoms with Gasteiger partial charge in [0.15, 0.2) is 0 Å². The molecule has 0 aromatic carbocycles. The zero-order chi connectivity index (χ0) is 8.97. The fourth-order valence-electron chi connectivity index (χ4n) is 2.36. The Balaban J connectivity index is 2.41. The molecule has 12 heavy (non-hydrogen) atoms. The Bertz CT molecular complexity index is 92.4. The van der Waals surface area contributed by atoms with Crippen molar-refractivity contribution in [2.45, 2.75) is 52.1 Å². The maximum absolute atomic E-state index is 5.46. The smallest absolute Gasteiger partial charge is 0.0576 e. The van der Waals surface area contributed by atoms with E-state index in [0.717, 1.165) is 11.8 Å². The highest BCUT2D eigenvalue weighted by molar-refractivity contribution is 4.77. The fraction of sp³-hybridized carbons (Fsp3) is 1.00. The lowest BCUT2D eigenvalue weighted by Crippen LogP contribution is -2.27. The van der Waals surface area contributed by atoms with Crippen LogP contribution in [0.25, 0.3) is 0 Å². The normalized spacial score (nSPS) is 36.8. The summed E-state index contributed by atoms with van der Waals surface area (Å²) < 4.78 is 5.46. The summed E-state index contributed by atoms with van der Waals surface area (Å²) in [6.07, 6.45) is 7.24. The Morgan fingerprint density at radius 2 is 1.50 bits per heavy atom. The SMILES string of the molecule is CCC1CC(CC)CC(OC)C1. The summed E-state index contributed by atoms with van der Waals surface area (Å²) in [6.45, 7) is 4.60. The third-order valence-corrected chi connectivity index (χ3v) is 3.35. The molecule has 2 atom stereocenters. The summed E-state index contributed by atoms with van der Waals surface area (Å²) in [7, 11) is 1.86. The average molecular weight is 170 g/mol. The summed E-state index contributed by atoms with van der Waals surface area (Å²) >= 11 is 0. The van der Waals surface area contributed by atoms with E-state index in [-0.39, 0.29) is 0 Å². The van der Waals surface area contributed by atoms with Gasteiger partial charge in [-0.1, -0.05) is 26.7 Å². The minimum Gasteiger partial charge on any atom is -0.381 e. The van der Waals surface area contributed by atoms with Crippen molar-refractivity contribution in [3.63, 3.8) is 0 Å². The molecule has 1 heteroatoms. The summed E-state index contributed by atoms with van der Waals surface area (Å²) in [4.78, 5) is 0. The van der Waals surface area contributed by atoms with Crippen molar-refractivity contribution in [2.24, 2.45) is 11.8 Å². The van der Waals surface area contributed by atoms with Crippen LogP contribution in [0.3, 0.4) is 0 Å². The van der Waals surface area contributed by atoms with Crippen LogP contribution in [0, 0.1) is 11.8 Å². The second-order valence-electron chi connectivity index (χ2n) is 4.11. The lowest BCUT2D eigenvalue weighted by Gasteiger charge is -2.33. The van der Waals surface area contributed by atoms with Crippen LogP contribution in [-0.4, -0.2) is 13.2 Å². The highest BCUT2D eigenvalue weighted by Crippen LogP contribution is 2.33. The zero-order valence-corrected chi connectivity index (χ0v) is 8.68. The van der Waals surface area contributed by atoms with Gasteiger partial charge in [-0.2, -0.15) is 0 Å². The molecule has 1 saturated carbocycles. The van der Waals surface area contributed by atoms with Gasteiger partial charge < -0.3 is 4.74 Å². The maximum atomic E-state index is 5.46. The molecule has 0 amide bonds. The Hall–Kier alpha value is -0.0400. The number of hydrogen-bond donors (Lipinski definition) is 0. The lowest BCUT2D eigenvalue weighted by atomic mass is 9.77. The van der Waals surface area contributed by atoms with Crippen LogP contribution in [0.15, 0.2) is 0 Å². The van der Waals surface area contributed by atoms with Gasteiger partial charge in [-0.3, -0.25) is 0 Å². The van der Waals surface area contributed by atoms with Gasteiger partial charge in [0, 0.05) is 7.11 Å². The molecule has 0 saturated heterocycles. The molecule has 0 bridgehead atoms. The molecule has 0 spiro atoms. The second-order valence-corrected chi connectivity index (χ2v) is 4.11. The van der Waals surface area contributed by atoms with E-state index in [9.17, 15) is 0 Å². The maximum Gasteiger partial charge on any atom is 0.0576 e. The molecule has 0 N–H and O–H groups in total. The van der Waals surface area contributed by atoms with Crippen molar-refractivity contribution < 1.29 is 4.74 Å². The molecule has 1 fully saturated rings. The zero-order valence-electron chi connectivity index (χ0n) is 8.68. The van der Waals surface area contributed by atoms with Crippen molar-refractivity contribution in [3.05, 3.63) is 0 Å². The lowest BCUT2D eigenvalue weighted by molar-refractivity contribution is 0.0264. The van der Waals surface area contributed by atoms with Crippen molar-refractivity contribution in [1.82, 2.24) is 0 Å². The first-order valence-corrected chi connectivity index (χ1v) is 5.32. The van der Waals surface area contributed by atoms with Crippen LogP contribution < -0.4 is 0 Å². The number of rotatable bonds is 3. The third kappa shape index (κ3) is 2.48. The van der Waals surface area contributed by atoms with Gasteiger partial charge in [0.2, 0.25) is 0 Å². The van der Waals surface area contributed by atoms with Crippen LogP contribution in [0.4, 0.5) is 0 Å². The molecule has 1 aliphatic rings. The monoisotopic (exact) mass is 170 g/mol. The molecule has 1 rings (SSSR count). The van der Waals surface area contributed by atoms with Gasteiger partial charge in [-0.05, 0) is 31.1 Å². The quantitative estimate of drug-likeness (QED) is 0.632. The standard InChI is InChI=1S/C11H22O/c1-4-9-6-10(5-2)8-11(7-9)12-3/h9-11H,4-8H2,1-3H3.